The first kappa shape index (κ1) is 27.9. The van der Waals surface area contributed by atoms with Gasteiger partial charge in [-0.25, -0.2) is 0 Å². The summed E-state index contributed by atoms with van der Waals surface area (Å²) in [6.07, 6.45) is 15.6. The molecule has 4 heteroatoms. The fourth-order valence-electron chi connectivity index (χ4n) is 8.00. The molecule has 2 heterocycles. The number of anilines is 1. The Hall–Kier alpha value is -6.36. The highest BCUT2D eigenvalue weighted by Crippen LogP contribution is 2.47. The van der Waals surface area contributed by atoms with E-state index in [1.165, 1.54) is 11.3 Å². The van der Waals surface area contributed by atoms with Crippen molar-refractivity contribution < 1.29 is 0 Å². The van der Waals surface area contributed by atoms with Crippen LogP contribution in [0, 0.1) is 28.6 Å². The standard InChI is InChI=1S/C44H30N4/c45-27-29-20-25-44(48-41-17-7-3-12-35(41)36-13-4-8-18-42(36)48)37(26-29)31-23-21-30(22-24-31)32-14-9-19-43(38(32)28-46)47-39-15-5-1-10-33(39)34-11-2-6-16-40(34)47/h1-3,5-12,14-26,35,41H,4,13H2. The Morgan fingerprint density at radius 3 is 2.08 bits per heavy atom. The Kier molecular flexibility index (Phi) is 6.49. The van der Waals surface area contributed by atoms with E-state index in [2.05, 4.69) is 125 Å². The van der Waals surface area contributed by atoms with Gasteiger partial charge in [0.25, 0.3) is 0 Å². The number of hydrogen-bond acceptors (Lipinski definition) is 3. The number of para-hydroxylation sites is 2. The molecular formula is C44H30N4. The molecule has 0 amide bonds. The summed E-state index contributed by atoms with van der Waals surface area (Å²) in [6.45, 7) is 0. The zero-order valence-electron chi connectivity index (χ0n) is 26.2. The molecule has 0 saturated heterocycles. The molecule has 226 valence electrons. The van der Waals surface area contributed by atoms with E-state index in [9.17, 15) is 10.5 Å². The van der Waals surface area contributed by atoms with Crippen LogP contribution in [0.3, 0.4) is 0 Å². The van der Waals surface area contributed by atoms with E-state index in [0.29, 0.717) is 17.0 Å². The van der Waals surface area contributed by atoms with E-state index < -0.39 is 0 Å². The minimum Gasteiger partial charge on any atom is -0.333 e. The van der Waals surface area contributed by atoms with Crippen molar-refractivity contribution in [1.82, 2.24) is 4.57 Å². The van der Waals surface area contributed by atoms with E-state index in [1.807, 2.05) is 42.5 Å². The van der Waals surface area contributed by atoms with Crippen molar-refractivity contribution in [2.45, 2.75) is 18.9 Å². The molecule has 0 fully saturated rings. The Balaban J connectivity index is 1.16. The van der Waals surface area contributed by atoms with Gasteiger partial charge in [-0.05, 0) is 72.0 Å². The molecule has 3 aliphatic rings. The fraction of sp³-hybridized carbons (Fsp3) is 0.0909. The first-order valence-corrected chi connectivity index (χ1v) is 16.5. The number of hydrogen-bond donors (Lipinski definition) is 0. The molecule has 48 heavy (non-hydrogen) atoms. The quantitative estimate of drug-likeness (QED) is 0.199. The third-order valence-corrected chi connectivity index (χ3v) is 10.1. The number of nitriles is 2. The summed E-state index contributed by atoms with van der Waals surface area (Å²) < 4.78 is 2.21. The largest absolute Gasteiger partial charge is 0.333 e. The second-order valence-corrected chi connectivity index (χ2v) is 12.6. The maximum atomic E-state index is 10.6. The normalized spacial score (nSPS) is 17.8. The van der Waals surface area contributed by atoms with Crippen molar-refractivity contribution >= 4 is 27.5 Å². The summed E-state index contributed by atoms with van der Waals surface area (Å²) in [7, 11) is 0. The smallest absolute Gasteiger partial charge is 0.102 e. The fourth-order valence-corrected chi connectivity index (χ4v) is 8.00. The van der Waals surface area contributed by atoms with Crippen molar-refractivity contribution in [3.63, 3.8) is 0 Å². The Bertz CT molecular complexity index is 2440. The summed E-state index contributed by atoms with van der Waals surface area (Å²) in [5.74, 6) is 0.354. The lowest BCUT2D eigenvalue weighted by molar-refractivity contribution is 0.658. The molecule has 1 aromatic heterocycles. The molecule has 1 aliphatic heterocycles. The van der Waals surface area contributed by atoms with Crippen molar-refractivity contribution in [1.29, 1.82) is 10.5 Å². The average Bonchev–Trinajstić information content (AvgIpc) is 3.67. The molecule has 2 atom stereocenters. The number of aromatic nitrogens is 1. The van der Waals surface area contributed by atoms with E-state index in [0.717, 1.165) is 68.3 Å². The molecule has 9 rings (SSSR count). The summed E-state index contributed by atoms with van der Waals surface area (Å²) in [6, 6.07) is 42.5. The van der Waals surface area contributed by atoms with Crippen molar-refractivity contribution in [2.24, 2.45) is 5.92 Å². The minimum atomic E-state index is 0.204. The van der Waals surface area contributed by atoms with Crippen molar-refractivity contribution in [3.8, 4) is 40.1 Å². The molecule has 4 nitrogen and oxygen atoms in total. The maximum absolute atomic E-state index is 10.6. The lowest BCUT2D eigenvalue weighted by Crippen LogP contribution is -2.32. The van der Waals surface area contributed by atoms with Crippen LogP contribution in [-0.4, -0.2) is 10.6 Å². The van der Waals surface area contributed by atoms with E-state index >= 15 is 0 Å². The zero-order valence-corrected chi connectivity index (χ0v) is 26.2. The Morgan fingerprint density at radius 1 is 0.646 bits per heavy atom. The number of benzene rings is 5. The first-order valence-electron chi connectivity index (χ1n) is 16.5. The second-order valence-electron chi connectivity index (χ2n) is 12.6. The highest BCUT2D eigenvalue weighted by molar-refractivity contribution is 6.09. The molecule has 0 radical (unpaired) electrons. The highest BCUT2D eigenvalue weighted by Gasteiger charge is 2.39. The summed E-state index contributed by atoms with van der Waals surface area (Å²) in [5.41, 5.74) is 12.0. The summed E-state index contributed by atoms with van der Waals surface area (Å²) >= 11 is 0. The van der Waals surface area contributed by atoms with E-state index in [1.54, 1.807) is 0 Å². The average molecular weight is 615 g/mol. The van der Waals surface area contributed by atoms with Gasteiger partial charge >= 0.3 is 0 Å². The van der Waals surface area contributed by atoms with Gasteiger partial charge in [0.1, 0.15) is 6.07 Å². The Morgan fingerprint density at radius 2 is 1.35 bits per heavy atom. The number of allylic oxidation sites excluding steroid dienone is 4. The second kappa shape index (κ2) is 11.2. The van der Waals surface area contributed by atoms with Gasteiger partial charge in [-0.3, -0.25) is 0 Å². The highest BCUT2D eigenvalue weighted by atomic mass is 15.2. The molecule has 0 saturated carbocycles. The number of nitrogens with zero attached hydrogens (tertiary/aromatic N) is 4. The third kappa shape index (κ3) is 4.20. The van der Waals surface area contributed by atoms with Crippen LogP contribution in [0.1, 0.15) is 24.0 Å². The lowest BCUT2D eigenvalue weighted by atomic mass is 9.87. The van der Waals surface area contributed by atoms with Gasteiger partial charge in [0.05, 0.1) is 40.0 Å². The predicted molar refractivity (Wildman–Crippen MR) is 195 cm³/mol. The van der Waals surface area contributed by atoms with Crippen LogP contribution in [-0.2, 0) is 0 Å². The third-order valence-electron chi connectivity index (χ3n) is 10.1. The SMILES string of the molecule is N#Cc1ccc(N2C3=C(CCC=C3)C3C=CC=CC32)c(-c2ccc(-c3cccc(-n4c5ccccc5c5ccccc54)c3C#N)cc2)c1. The molecule has 2 unspecified atom stereocenters. The van der Waals surface area contributed by atoms with Crippen LogP contribution in [0.2, 0.25) is 0 Å². The topological polar surface area (TPSA) is 55.8 Å². The minimum absolute atomic E-state index is 0.204. The maximum Gasteiger partial charge on any atom is 0.102 e. The van der Waals surface area contributed by atoms with Crippen LogP contribution < -0.4 is 4.90 Å². The first-order chi connectivity index (χ1) is 23.7. The molecular weight excluding hydrogens is 585 g/mol. The van der Waals surface area contributed by atoms with Crippen molar-refractivity contribution in [3.05, 3.63) is 168 Å². The van der Waals surface area contributed by atoms with Crippen molar-refractivity contribution in [2.75, 3.05) is 4.90 Å². The molecule has 6 aromatic rings. The van der Waals surface area contributed by atoms with Gasteiger partial charge < -0.3 is 9.47 Å². The van der Waals surface area contributed by atoms with Crippen LogP contribution >= 0.6 is 0 Å². The molecule has 0 bridgehead atoms. The van der Waals surface area contributed by atoms with Crippen LogP contribution in [0.15, 0.2) is 157 Å². The summed E-state index contributed by atoms with van der Waals surface area (Å²) in [5, 5.41) is 22.8. The van der Waals surface area contributed by atoms with Gasteiger partial charge in [0.15, 0.2) is 0 Å². The van der Waals surface area contributed by atoms with Crippen LogP contribution in [0.4, 0.5) is 5.69 Å². The molecule has 2 aliphatic carbocycles. The lowest BCUT2D eigenvalue weighted by Gasteiger charge is -2.32. The van der Waals surface area contributed by atoms with E-state index in [-0.39, 0.29) is 6.04 Å². The molecule has 5 aromatic carbocycles. The molecule has 0 spiro atoms. The summed E-state index contributed by atoms with van der Waals surface area (Å²) in [4.78, 5) is 2.46. The van der Waals surface area contributed by atoms with Crippen LogP contribution in [0.25, 0.3) is 49.7 Å². The predicted octanol–water partition coefficient (Wildman–Crippen LogP) is 10.4. The number of fused-ring (bicyclic) bond motifs is 5. The van der Waals surface area contributed by atoms with Crippen LogP contribution in [0.5, 0.6) is 0 Å². The molecule has 0 N–H and O–H groups in total. The van der Waals surface area contributed by atoms with Gasteiger partial charge in [0, 0.05) is 39.2 Å². The van der Waals surface area contributed by atoms with E-state index in [4.69, 9.17) is 0 Å². The van der Waals surface area contributed by atoms with Gasteiger partial charge in [-0.2, -0.15) is 10.5 Å². The monoisotopic (exact) mass is 614 g/mol. The Labute approximate surface area is 279 Å². The van der Waals surface area contributed by atoms with Gasteiger partial charge in [-0.15, -0.1) is 0 Å². The van der Waals surface area contributed by atoms with Gasteiger partial charge in [0.2, 0.25) is 0 Å². The number of rotatable bonds is 4. The van der Waals surface area contributed by atoms with Gasteiger partial charge in [-0.1, -0.05) is 103 Å². The zero-order chi connectivity index (χ0) is 32.2.